The van der Waals surface area contributed by atoms with Gasteiger partial charge in [-0.1, -0.05) is 28.9 Å². The molecule has 0 aliphatic carbocycles. The molecule has 2 aromatic rings. The highest BCUT2D eigenvalue weighted by atomic mass is 127. The summed E-state index contributed by atoms with van der Waals surface area (Å²) in [6.07, 6.45) is 1.61. The van der Waals surface area contributed by atoms with E-state index >= 15 is 0 Å². The first kappa shape index (κ1) is 21.8. The van der Waals surface area contributed by atoms with Crippen molar-refractivity contribution in [1.82, 2.24) is 20.3 Å². The third kappa shape index (κ3) is 6.54. The molecule has 27 heavy (non-hydrogen) atoms. The zero-order chi connectivity index (χ0) is 18.2. The third-order valence-corrected chi connectivity index (χ3v) is 4.55. The van der Waals surface area contributed by atoms with E-state index in [0.717, 1.165) is 44.4 Å². The van der Waals surface area contributed by atoms with Crippen LogP contribution in [0.5, 0.6) is 5.75 Å². The van der Waals surface area contributed by atoms with Gasteiger partial charge in [0, 0.05) is 45.8 Å². The number of hydrogen-bond acceptors (Lipinski definition) is 5. The normalized spacial score (nSPS) is 15.3. The Kier molecular flexibility index (Phi) is 9.16. The quantitative estimate of drug-likeness (QED) is 0.282. The van der Waals surface area contributed by atoms with Crippen molar-refractivity contribution in [2.45, 2.75) is 6.54 Å². The van der Waals surface area contributed by atoms with Gasteiger partial charge in [0.2, 0.25) is 0 Å². The molecular formula is C18H25ClIN5O2. The van der Waals surface area contributed by atoms with E-state index in [-0.39, 0.29) is 24.0 Å². The number of aromatic nitrogens is 1. The maximum absolute atomic E-state index is 6.09. The number of piperazine rings is 1. The highest BCUT2D eigenvalue weighted by molar-refractivity contribution is 14.0. The molecule has 1 aliphatic rings. The van der Waals surface area contributed by atoms with E-state index in [2.05, 4.69) is 25.3 Å². The minimum Gasteiger partial charge on any atom is -0.490 e. The van der Waals surface area contributed by atoms with Crippen LogP contribution in [0.4, 0.5) is 0 Å². The van der Waals surface area contributed by atoms with Crippen LogP contribution in [0.1, 0.15) is 5.69 Å². The van der Waals surface area contributed by atoms with Crippen LogP contribution in [-0.4, -0.2) is 67.3 Å². The molecule has 148 valence electrons. The van der Waals surface area contributed by atoms with Crippen LogP contribution >= 0.6 is 35.6 Å². The van der Waals surface area contributed by atoms with Crippen LogP contribution in [0.2, 0.25) is 5.02 Å². The number of benzene rings is 1. The first-order valence-electron chi connectivity index (χ1n) is 8.71. The molecule has 3 rings (SSSR count). The van der Waals surface area contributed by atoms with Gasteiger partial charge in [0.1, 0.15) is 18.6 Å². The van der Waals surface area contributed by atoms with Gasteiger partial charge in [0.05, 0.1) is 17.3 Å². The van der Waals surface area contributed by atoms with Gasteiger partial charge in [0.15, 0.2) is 5.96 Å². The smallest absolute Gasteiger partial charge is 0.193 e. The van der Waals surface area contributed by atoms with Gasteiger partial charge < -0.3 is 19.5 Å². The number of para-hydroxylation sites is 1. The second kappa shape index (κ2) is 11.4. The Labute approximate surface area is 181 Å². The van der Waals surface area contributed by atoms with E-state index in [4.69, 9.17) is 20.9 Å². The molecule has 0 radical (unpaired) electrons. The van der Waals surface area contributed by atoms with E-state index < -0.39 is 0 Å². The zero-order valence-corrected chi connectivity index (χ0v) is 18.4. The minimum absolute atomic E-state index is 0. The number of nitrogens with one attached hydrogen (secondary N) is 1. The van der Waals surface area contributed by atoms with Crippen LogP contribution in [0.3, 0.4) is 0 Å². The zero-order valence-electron chi connectivity index (χ0n) is 15.3. The molecule has 0 atom stereocenters. The van der Waals surface area contributed by atoms with E-state index in [9.17, 15) is 0 Å². The van der Waals surface area contributed by atoms with Gasteiger partial charge in [-0.05, 0) is 12.1 Å². The Morgan fingerprint density at radius 3 is 2.70 bits per heavy atom. The number of aliphatic imine (C=N–C) groups is 1. The van der Waals surface area contributed by atoms with Crippen LogP contribution in [0.15, 0.2) is 46.1 Å². The van der Waals surface area contributed by atoms with Crippen molar-refractivity contribution < 1.29 is 9.26 Å². The second-order valence-corrected chi connectivity index (χ2v) is 6.41. The summed E-state index contributed by atoms with van der Waals surface area (Å²) in [5, 5.41) is 7.95. The van der Waals surface area contributed by atoms with Gasteiger partial charge in [-0.3, -0.25) is 9.89 Å². The van der Waals surface area contributed by atoms with Gasteiger partial charge in [-0.2, -0.15) is 0 Å². The molecule has 0 bridgehead atoms. The summed E-state index contributed by atoms with van der Waals surface area (Å²) < 4.78 is 10.6. The summed E-state index contributed by atoms with van der Waals surface area (Å²) in [5.41, 5.74) is 0.970. The van der Waals surface area contributed by atoms with Crippen molar-refractivity contribution in [2.75, 3.05) is 46.4 Å². The van der Waals surface area contributed by atoms with E-state index in [0.29, 0.717) is 23.9 Å². The highest BCUT2D eigenvalue weighted by Gasteiger charge is 2.20. The lowest BCUT2D eigenvalue weighted by molar-refractivity contribution is 0.168. The molecule has 0 saturated carbocycles. The molecule has 1 N–H and O–H groups in total. The maximum atomic E-state index is 6.09. The lowest BCUT2D eigenvalue weighted by Gasteiger charge is -2.36. The van der Waals surface area contributed by atoms with Crippen molar-refractivity contribution in [2.24, 2.45) is 4.99 Å². The molecule has 1 aromatic heterocycles. The van der Waals surface area contributed by atoms with Crippen LogP contribution in [0.25, 0.3) is 0 Å². The Bertz CT molecular complexity index is 706. The van der Waals surface area contributed by atoms with Gasteiger partial charge >= 0.3 is 0 Å². The van der Waals surface area contributed by atoms with Gasteiger partial charge in [-0.15, -0.1) is 24.0 Å². The van der Waals surface area contributed by atoms with Crippen molar-refractivity contribution >= 4 is 41.5 Å². The second-order valence-electron chi connectivity index (χ2n) is 6.01. The standard InChI is InChI=1S/C18H24ClN5O2.HI/c1-20-18(21-7-13-25-17-5-3-2-4-16(17)19)24-10-8-23(9-11-24)14-15-6-12-26-22-15;/h2-6,12H,7-11,13-14H2,1H3,(H,20,21);1H. The molecule has 1 aromatic carbocycles. The molecule has 7 nitrogen and oxygen atoms in total. The molecule has 9 heteroatoms. The first-order valence-corrected chi connectivity index (χ1v) is 9.08. The van der Waals surface area contributed by atoms with Crippen molar-refractivity contribution in [1.29, 1.82) is 0 Å². The Balaban J connectivity index is 0.00000261. The number of rotatable bonds is 6. The van der Waals surface area contributed by atoms with E-state index in [1.54, 1.807) is 13.3 Å². The maximum Gasteiger partial charge on any atom is 0.193 e. The van der Waals surface area contributed by atoms with Crippen molar-refractivity contribution in [3.05, 3.63) is 47.3 Å². The molecule has 1 fully saturated rings. The summed E-state index contributed by atoms with van der Waals surface area (Å²) in [7, 11) is 1.80. The monoisotopic (exact) mass is 505 g/mol. The molecule has 2 heterocycles. The molecule has 0 spiro atoms. The summed E-state index contributed by atoms with van der Waals surface area (Å²) in [6.45, 7) is 5.77. The average Bonchev–Trinajstić information content (AvgIpc) is 3.17. The van der Waals surface area contributed by atoms with E-state index in [1.165, 1.54) is 0 Å². The fraction of sp³-hybridized carbons (Fsp3) is 0.444. The summed E-state index contributed by atoms with van der Waals surface area (Å²) in [6, 6.07) is 9.39. The summed E-state index contributed by atoms with van der Waals surface area (Å²) in [4.78, 5) is 9.00. The number of halogens is 2. The topological polar surface area (TPSA) is 66.1 Å². The van der Waals surface area contributed by atoms with Crippen molar-refractivity contribution in [3.8, 4) is 5.75 Å². The van der Waals surface area contributed by atoms with Crippen LogP contribution in [0, 0.1) is 0 Å². The SMILES string of the molecule is CN=C(NCCOc1ccccc1Cl)N1CCN(Cc2ccon2)CC1.I. The molecule has 0 unspecified atom stereocenters. The Hall–Kier alpha value is -1.52. The molecule has 0 amide bonds. The lowest BCUT2D eigenvalue weighted by atomic mass is 10.3. The molecule has 1 saturated heterocycles. The molecule has 1 aliphatic heterocycles. The number of hydrogen-bond donors (Lipinski definition) is 1. The lowest BCUT2D eigenvalue weighted by Crippen LogP contribution is -2.52. The largest absolute Gasteiger partial charge is 0.490 e. The summed E-state index contributed by atoms with van der Waals surface area (Å²) in [5.74, 6) is 1.60. The fourth-order valence-electron chi connectivity index (χ4n) is 2.88. The third-order valence-electron chi connectivity index (χ3n) is 4.24. The first-order chi connectivity index (χ1) is 12.8. The fourth-order valence-corrected chi connectivity index (χ4v) is 3.07. The summed E-state index contributed by atoms with van der Waals surface area (Å²) >= 11 is 6.09. The Morgan fingerprint density at radius 2 is 2.04 bits per heavy atom. The number of guanidine groups is 1. The average molecular weight is 506 g/mol. The van der Waals surface area contributed by atoms with Crippen LogP contribution in [-0.2, 0) is 6.54 Å². The predicted molar refractivity (Wildman–Crippen MR) is 117 cm³/mol. The van der Waals surface area contributed by atoms with Gasteiger partial charge in [-0.25, -0.2) is 0 Å². The van der Waals surface area contributed by atoms with Gasteiger partial charge in [0.25, 0.3) is 0 Å². The number of nitrogens with zero attached hydrogens (tertiary/aromatic N) is 4. The minimum atomic E-state index is 0. The van der Waals surface area contributed by atoms with Crippen LogP contribution < -0.4 is 10.1 Å². The van der Waals surface area contributed by atoms with Crippen molar-refractivity contribution in [3.63, 3.8) is 0 Å². The Morgan fingerprint density at radius 1 is 1.26 bits per heavy atom. The highest BCUT2D eigenvalue weighted by Crippen LogP contribution is 2.22. The van der Waals surface area contributed by atoms with E-state index in [1.807, 2.05) is 30.3 Å². The predicted octanol–water partition coefficient (Wildman–Crippen LogP) is 2.72. The number of ether oxygens (including phenoxy) is 1. The molecular weight excluding hydrogens is 481 g/mol.